The molecule has 0 saturated carbocycles. The fourth-order valence-corrected chi connectivity index (χ4v) is 1.95. The zero-order valence-corrected chi connectivity index (χ0v) is 11.3. The Kier molecular flexibility index (Phi) is 4.19. The highest BCUT2D eigenvalue weighted by molar-refractivity contribution is 5.34. The Balaban J connectivity index is 2.34. The van der Waals surface area contributed by atoms with Crippen LogP contribution in [0.2, 0.25) is 0 Å². The summed E-state index contributed by atoms with van der Waals surface area (Å²) < 4.78 is 0. The van der Waals surface area contributed by atoms with Crippen molar-refractivity contribution in [3.8, 4) is 0 Å². The minimum Gasteiger partial charge on any atom is -0.374 e. The van der Waals surface area contributed by atoms with Crippen LogP contribution in [0.4, 0.5) is 0 Å². The topological polar surface area (TPSA) is 12.0 Å². The molecule has 96 valence electrons. The van der Waals surface area contributed by atoms with E-state index in [-0.39, 0.29) is 6.04 Å². The van der Waals surface area contributed by atoms with E-state index in [0.717, 1.165) is 11.3 Å². The summed E-state index contributed by atoms with van der Waals surface area (Å²) in [6, 6.07) is 20.9. The normalized spacial score (nSPS) is 10.2. The molecular formula is C18H19N. The summed E-state index contributed by atoms with van der Waals surface area (Å²) in [5.74, 6) is 0. The summed E-state index contributed by atoms with van der Waals surface area (Å²) in [4.78, 5) is 0. The fourth-order valence-electron chi connectivity index (χ4n) is 1.95. The third-order valence-electron chi connectivity index (χ3n) is 3.10. The van der Waals surface area contributed by atoms with Crippen molar-refractivity contribution >= 4 is 0 Å². The molecule has 0 bridgehead atoms. The number of allylic oxidation sites excluding steroid dienone is 1. The van der Waals surface area contributed by atoms with Crippen LogP contribution in [-0.2, 0) is 0 Å². The summed E-state index contributed by atoms with van der Waals surface area (Å²) in [6.45, 7) is 9.93. The lowest BCUT2D eigenvalue weighted by molar-refractivity contribution is 0.700. The zero-order chi connectivity index (χ0) is 13.7. The molecule has 0 heterocycles. The van der Waals surface area contributed by atoms with Crippen LogP contribution in [-0.4, -0.2) is 0 Å². The van der Waals surface area contributed by atoms with Crippen molar-refractivity contribution < 1.29 is 0 Å². The molecule has 0 amide bonds. The highest BCUT2D eigenvalue weighted by Gasteiger charge is 2.13. The van der Waals surface area contributed by atoms with E-state index in [1.165, 1.54) is 11.1 Å². The molecule has 0 spiro atoms. The number of hydrogen-bond donors (Lipinski definition) is 1. The van der Waals surface area contributed by atoms with Gasteiger partial charge in [-0.05, 0) is 23.6 Å². The van der Waals surface area contributed by atoms with Gasteiger partial charge in [-0.25, -0.2) is 0 Å². The molecule has 2 rings (SSSR count). The lowest BCUT2D eigenvalue weighted by Gasteiger charge is -2.22. The van der Waals surface area contributed by atoms with Crippen molar-refractivity contribution in [2.45, 2.75) is 13.0 Å². The smallest absolute Gasteiger partial charge is 0.0767 e. The first kappa shape index (κ1) is 13.2. The Morgan fingerprint density at radius 2 is 1.26 bits per heavy atom. The van der Waals surface area contributed by atoms with E-state index in [1.807, 2.05) is 19.1 Å². The predicted molar refractivity (Wildman–Crippen MR) is 81.8 cm³/mol. The molecule has 0 aliphatic carbocycles. The van der Waals surface area contributed by atoms with Gasteiger partial charge >= 0.3 is 0 Å². The molecule has 0 unspecified atom stereocenters. The Morgan fingerprint density at radius 3 is 1.63 bits per heavy atom. The third-order valence-corrected chi connectivity index (χ3v) is 3.10. The van der Waals surface area contributed by atoms with Gasteiger partial charge in [0, 0.05) is 5.70 Å². The summed E-state index contributed by atoms with van der Waals surface area (Å²) in [6.07, 6.45) is 0. The highest BCUT2D eigenvalue weighted by atomic mass is 14.9. The maximum atomic E-state index is 4.03. The second-order valence-electron chi connectivity index (χ2n) is 4.66. The number of rotatable bonds is 5. The van der Waals surface area contributed by atoms with Crippen molar-refractivity contribution in [1.29, 1.82) is 0 Å². The zero-order valence-electron chi connectivity index (χ0n) is 11.3. The van der Waals surface area contributed by atoms with Gasteiger partial charge in [-0.2, -0.15) is 0 Å². The molecule has 1 heteroatoms. The van der Waals surface area contributed by atoms with Gasteiger partial charge < -0.3 is 5.32 Å². The van der Waals surface area contributed by atoms with Crippen molar-refractivity contribution in [2.24, 2.45) is 0 Å². The van der Waals surface area contributed by atoms with Gasteiger partial charge in [0.1, 0.15) is 0 Å². The summed E-state index contributed by atoms with van der Waals surface area (Å²) in [5.41, 5.74) is 4.27. The van der Waals surface area contributed by atoms with E-state index >= 15 is 0 Å². The molecule has 0 aromatic heterocycles. The molecule has 2 aromatic rings. The van der Waals surface area contributed by atoms with E-state index in [1.54, 1.807) is 0 Å². The molecule has 0 aliphatic heterocycles. The van der Waals surface area contributed by atoms with Crippen molar-refractivity contribution in [3.05, 3.63) is 96.2 Å². The first-order valence-corrected chi connectivity index (χ1v) is 6.39. The second-order valence-corrected chi connectivity index (χ2v) is 4.66. The van der Waals surface area contributed by atoms with E-state index in [4.69, 9.17) is 0 Å². The van der Waals surface area contributed by atoms with E-state index in [9.17, 15) is 0 Å². The molecule has 0 atom stereocenters. The van der Waals surface area contributed by atoms with Gasteiger partial charge in [-0.15, -0.1) is 0 Å². The summed E-state index contributed by atoms with van der Waals surface area (Å²) >= 11 is 0. The Bertz CT molecular complexity index is 515. The minimum atomic E-state index is 0.103. The highest BCUT2D eigenvalue weighted by Crippen LogP contribution is 2.23. The van der Waals surface area contributed by atoms with Gasteiger partial charge in [0.05, 0.1) is 6.04 Å². The van der Waals surface area contributed by atoms with Crippen LogP contribution < -0.4 is 5.32 Å². The quantitative estimate of drug-likeness (QED) is 0.772. The van der Waals surface area contributed by atoms with Crippen LogP contribution in [0.3, 0.4) is 0 Å². The standard InChI is InChI=1S/C18H19N/c1-14(2)15(3)19-18(16-10-6-4-7-11-16)17-12-8-5-9-13-17/h4-13,18-19H,1,3H2,2H3. The van der Waals surface area contributed by atoms with Gasteiger partial charge in [-0.1, -0.05) is 73.8 Å². The maximum absolute atomic E-state index is 4.03. The van der Waals surface area contributed by atoms with Crippen molar-refractivity contribution in [1.82, 2.24) is 5.32 Å². The fraction of sp³-hybridized carbons (Fsp3) is 0.111. The monoisotopic (exact) mass is 249 g/mol. The lowest BCUT2D eigenvalue weighted by Crippen LogP contribution is -2.21. The summed E-state index contributed by atoms with van der Waals surface area (Å²) in [5, 5.41) is 3.46. The van der Waals surface area contributed by atoms with Crippen molar-refractivity contribution in [3.63, 3.8) is 0 Å². The van der Waals surface area contributed by atoms with Gasteiger partial charge in [0.2, 0.25) is 0 Å². The van der Waals surface area contributed by atoms with Crippen LogP contribution in [0.25, 0.3) is 0 Å². The number of hydrogen-bond acceptors (Lipinski definition) is 1. The molecule has 2 aromatic carbocycles. The molecular weight excluding hydrogens is 230 g/mol. The first-order valence-electron chi connectivity index (χ1n) is 6.39. The van der Waals surface area contributed by atoms with E-state index in [2.05, 4.69) is 67.0 Å². The summed E-state index contributed by atoms with van der Waals surface area (Å²) in [7, 11) is 0. The van der Waals surface area contributed by atoms with Crippen LogP contribution in [0, 0.1) is 0 Å². The molecule has 0 fully saturated rings. The average molecular weight is 249 g/mol. The largest absolute Gasteiger partial charge is 0.374 e. The molecule has 1 N–H and O–H groups in total. The minimum absolute atomic E-state index is 0.103. The van der Waals surface area contributed by atoms with Crippen LogP contribution in [0.15, 0.2) is 85.1 Å². The molecule has 0 radical (unpaired) electrons. The maximum Gasteiger partial charge on any atom is 0.0767 e. The Morgan fingerprint density at radius 1 is 0.842 bits per heavy atom. The van der Waals surface area contributed by atoms with Gasteiger partial charge in [0.15, 0.2) is 0 Å². The van der Waals surface area contributed by atoms with Gasteiger partial charge in [0.25, 0.3) is 0 Å². The third kappa shape index (κ3) is 3.35. The molecule has 0 saturated heterocycles. The van der Waals surface area contributed by atoms with E-state index in [0.29, 0.717) is 0 Å². The molecule has 0 aliphatic rings. The van der Waals surface area contributed by atoms with Crippen LogP contribution >= 0.6 is 0 Å². The SMILES string of the molecule is C=C(C)C(=C)NC(c1ccccc1)c1ccccc1. The first-order chi connectivity index (χ1) is 9.18. The van der Waals surface area contributed by atoms with E-state index < -0.39 is 0 Å². The lowest BCUT2D eigenvalue weighted by atomic mass is 9.98. The van der Waals surface area contributed by atoms with Crippen LogP contribution in [0.5, 0.6) is 0 Å². The van der Waals surface area contributed by atoms with Crippen molar-refractivity contribution in [2.75, 3.05) is 0 Å². The average Bonchev–Trinajstić information content (AvgIpc) is 2.46. The van der Waals surface area contributed by atoms with Crippen LogP contribution in [0.1, 0.15) is 24.1 Å². The number of nitrogens with one attached hydrogen (secondary N) is 1. The Hall–Kier alpha value is -2.28. The molecule has 19 heavy (non-hydrogen) atoms. The molecule has 1 nitrogen and oxygen atoms in total. The van der Waals surface area contributed by atoms with Gasteiger partial charge in [-0.3, -0.25) is 0 Å². The predicted octanol–water partition coefficient (Wildman–Crippen LogP) is 4.46. The number of benzene rings is 2. The second kappa shape index (κ2) is 6.05. The Labute approximate surface area is 115 Å².